The van der Waals surface area contributed by atoms with Crippen LogP contribution < -0.4 is 9.80 Å². The molecular weight excluding hydrogens is 400 g/mol. The van der Waals surface area contributed by atoms with Crippen LogP contribution in [0.1, 0.15) is 35.7 Å². The van der Waals surface area contributed by atoms with Crippen molar-refractivity contribution in [2.24, 2.45) is 11.8 Å². The Hall–Kier alpha value is -2.50. The molecule has 2 aromatic rings. The third-order valence-electron chi connectivity index (χ3n) is 7.06. The largest absolute Gasteiger partial charge is 0.322 e. The number of carbonyl (C=O) groups is 3. The number of fused-ring (bicyclic) bond motifs is 3. The van der Waals surface area contributed by atoms with E-state index in [1.807, 2.05) is 24.3 Å². The van der Waals surface area contributed by atoms with Gasteiger partial charge in [0.1, 0.15) is 17.9 Å². The van der Waals surface area contributed by atoms with E-state index in [2.05, 4.69) is 6.92 Å². The van der Waals surface area contributed by atoms with E-state index in [9.17, 15) is 14.4 Å². The van der Waals surface area contributed by atoms with E-state index in [0.717, 1.165) is 36.3 Å². The number of nitrogens with one attached hydrogen (secondary N) is 1. The fraction of sp³-hybridized carbons (Fsp3) is 0.375. The second-order valence-electron chi connectivity index (χ2n) is 8.51. The lowest BCUT2D eigenvalue weighted by molar-refractivity contribution is -0.915. The van der Waals surface area contributed by atoms with Crippen molar-refractivity contribution in [2.45, 2.75) is 38.3 Å². The molecule has 154 valence electrons. The van der Waals surface area contributed by atoms with Crippen LogP contribution >= 0.6 is 11.6 Å². The smallest absolute Gasteiger partial charge is 0.244 e. The molecule has 5 nitrogen and oxygen atoms in total. The summed E-state index contributed by atoms with van der Waals surface area (Å²) in [6.45, 7) is 2.89. The van der Waals surface area contributed by atoms with E-state index < -0.39 is 17.9 Å². The average Bonchev–Trinajstić information content (AvgIpc) is 3.40. The lowest BCUT2D eigenvalue weighted by atomic mass is 9.85. The van der Waals surface area contributed by atoms with E-state index in [0.29, 0.717) is 16.3 Å². The Morgan fingerprint density at radius 2 is 1.70 bits per heavy atom. The van der Waals surface area contributed by atoms with Gasteiger partial charge in [0.2, 0.25) is 17.6 Å². The maximum absolute atomic E-state index is 13.5. The SMILES string of the molecule is CCc1ccc(N2C(=O)[C@@H]3[C@H](C2=O)[C@H]2CCC[NH+]2[C@@H]3C(=O)c2ccc(Cl)cc2)cc1. The standard InChI is InChI=1S/C24H23ClN2O3/c1-2-14-5-11-17(12-6-14)27-23(29)19-18-4-3-13-26(18)21(20(19)24(27)30)22(28)15-7-9-16(25)10-8-15/h5-12,18-21H,2-4,13H2,1H3/p+1/t18-,19-,20-,21+/m1/s1. The highest BCUT2D eigenvalue weighted by Gasteiger charge is 2.68. The number of Topliss-reactive ketones (excluding diaryl/α,β-unsaturated/α-hetero) is 1. The number of amides is 2. The van der Waals surface area contributed by atoms with Gasteiger partial charge >= 0.3 is 0 Å². The third-order valence-corrected chi connectivity index (χ3v) is 7.31. The summed E-state index contributed by atoms with van der Waals surface area (Å²) in [5, 5.41) is 0.566. The first-order chi connectivity index (χ1) is 14.5. The molecule has 0 saturated carbocycles. The van der Waals surface area contributed by atoms with Crippen molar-refractivity contribution >= 4 is 34.9 Å². The highest BCUT2D eigenvalue weighted by molar-refractivity contribution is 6.30. The summed E-state index contributed by atoms with van der Waals surface area (Å²) in [5.41, 5.74) is 2.31. The molecule has 3 heterocycles. The number of nitrogens with zero attached hydrogens (tertiary/aromatic N) is 1. The van der Waals surface area contributed by atoms with Crippen LogP contribution in [-0.2, 0) is 16.0 Å². The quantitative estimate of drug-likeness (QED) is 0.606. The Morgan fingerprint density at radius 1 is 1.03 bits per heavy atom. The summed E-state index contributed by atoms with van der Waals surface area (Å²) >= 11 is 5.98. The van der Waals surface area contributed by atoms with Crippen LogP contribution in [0.4, 0.5) is 5.69 Å². The summed E-state index contributed by atoms with van der Waals surface area (Å²) in [6, 6.07) is 13.9. The normalized spacial score (nSPS) is 29.9. The van der Waals surface area contributed by atoms with Crippen LogP contribution in [0, 0.1) is 11.8 Å². The van der Waals surface area contributed by atoms with Gasteiger partial charge in [-0.05, 0) is 48.4 Å². The summed E-state index contributed by atoms with van der Waals surface area (Å²) < 4.78 is 0. The molecule has 6 heteroatoms. The number of rotatable bonds is 4. The Bertz CT molecular complexity index is 1020. The van der Waals surface area contributed by atoms with Crippen LogP contribution in [0.3, 0.4) is 0 Å². The summed E-state index contributed by atoms with van der Waals surface area (Å²) in [6.07, 6.45) is 2.74. The van der Waals surface area contributed by atoms with Crippen LogP contribution in [0.15, 0.2) is 48.5 Å². The van der Waals surface area contributed by atoms with Gasteiger partial charge in [-0.2, -0.15) is 0 Å². The number of halogens is 1. The van der Waals surface area contributed by atoms with Gasteiger partial charge in [0, 0.05) is 23.4 Å². The highest BCUT2D eigenvalue weighted by Crippen LogP contribution is 2.40. The van der Waals surface area contributed by atoms with Gasteiger partial charge in [-0.15, -0.1) is 0 Å². The van der Waals surface area contributed by atoms with Gasteiger partial charge in [-0.3, -0.25) is 14.4 Å². The third kappa shape index (κ3) is 2.83. The first-order valence-electron chi connectivity index (χ1n) is 10.6. The van der Waals surface area contributed by atoms with Crippen molar-refractivity contribution in [1.29, 1.82) is 0 Å². The number of hydrogen-bond acceptors (Lipinski definition) is 3. The predicted octanol–water partition coefficient (Wildman–Crippen LogP) is 2.32. The molecule has 3 aliphatic heterocycles. The topological polar surface area (TPSA) is 58.9 Å². The molecule has 0 radical (unpaired) electrons. The van der Waals surface area contributed by atoms with Crippen LogP contribution in [-0.4, -0.2) is 36.2 Å². The minimum atomic E-state index is -0.591. The molecule has 0 aliphatic carbocycles. The molecule has 1 N–H and O–H groups in total. The first kappa shape index (κ1) is 19.5. The van der Waals surface area contributed by atoms with Gasteiger partial charge in [0.15, 0.2) is 6.04 Å². The van der Waals surface area contributed by atoms with Crippen molar-refractivity contribution in [3.8, 4) is 0 Å². The van der Waals surface area contributed by atoms with Crippen molar-refractivity contribution < 1.29 is 19.3 Å². The number of quaternary nitrogens is 1. The van der Waals surface area contributed by atoms with Crippen molar-refractivity contribution in [3.63, 3.8) is 0 Å². The second-order valence-corrected chi connectivity index (χ2v) is 8.94. The van der Waals surface area contributed by atoms with E-state index in [1.165, 1.54) is 4.90 Å². The van der Waals surface area contributed by atoms with E-state index in [-0.39, 0.29) is 23.6 Å². The molecule has 3 aliphatic rings. The Morgan fingerprint density at radius 3 is 2.37 bits per heavy atom. The van der Waals surface area contributed by atoms with E-state index in [4.69, 9.17) is 11.6 Å². The predicted molar refractivity (Wildman–Crippen MR) is 114 cm³/mol. The number of hydrogen-bond donors (Lipinski definition) is 1. The maximum Gasteiger partial charge on any atom is 0.244 e. The minimum absolute atomic E-state index is 0.0348. The number of ketones is 1. The zero-order valence-corrected chi connectivity index (χ0v) is 17.6. The van der Waals surface area contributed by atoms with E-state index in [1.54, 1.807) is 24.3 Å². The fourth-order valence-electron chi connectivity index (χ4n) is 5.67. The zero-order chi connectivity index (χ0) is 21.0. The maximum atomic E-state index is 13.5. The number of benzene rings is 2. The Balaban J connectivity index is 1.52. The minimum Gasteiger partial charge on any atom is -0.322 e. The summed E-state index contributed by atoms with van der Waals surface area (Å²) in [4.78, 5) is 42.8. The number of imide groups is 1. The van der Waals surface area contributed by atoms with E-state index >= 15 is 0 Å². The number of anilines is 1. The Kier molecular flexibility index (Phi) is 4.75. The van der Waals surface area contributed by atoms with Gasteiger partial charge < -0.3 is 4.90 Å². The molecule has 0 spiro atoms. The molecule has 5 atom stereocenters. The van der Waals surface area contributed by atoms with Gasteiger partial charge in [0.05, 0.1) is 12.2 Å². The Labute approximate surface area is 180 Å². The molecule has 0 aromatic heterocycles. The average molecular weight is 424 g/mol. The molecule has 5 rings (SSSR count). The van der Waals surface area contributed by atoms with Crippen LogP contribution in [0.5, 0.6) is 0 Å². The molecule has 2 amide bonds. The zero-order valence-electron chi connectivity index (χ0n) is 16.8. The van der Waals surface area contributed by atoms with Crippen LogP contribution in [0.2, 0.25) is 5.02 Å². The molecule has 3 fully saturated rings. The molecule has 30 heavy (non-hydrogen) atoms. The van der Waals surface area contributed by atoms with Gasteiger partial charge in [0.25, 0.3) is 0 Å². The molecule has 2 aromatic carbocycles. The first-order valence-corrected chi connectivity index (χ1v) is 11.0. The lowest BCUT2D eigenvalue weighted by Crippen LogP contribution is -3.16. The van der Waals surface area contributed by atoms with Crippen molar-refractivity contribution in [3.05, 3.63) is 64.7 Å². The van der Waals surface area contributed by atoms with Crippen LogP contribution in [0.25, 0.3) is 0 Å². The lowest BCUT2D eigenvalue weighted by Gasteiger charge is -2.25. The molecule has 1 unspecified atom stereocenters. The van der Waals surface area contributed by atoms with Crippen molar-refractivity contribution in [2.75, 3.05) is 11.4 Å². The van der Waals surface area contributed by atoms with Gasteiger partial charge in [-0.1, -0.05) is 30.7 Å². The fourth-order valence-corrected chi connectivity index (χ4v) is 5.80. The number of carbonyl (C=O) groups excluding carboxylic acids is 3. The van der Waals surface area contributed by atoms with Crippen molar-refractivity contribution in [1.82, 2.24) is 0 Å². The monoisotopic (exact) mass is 423 g/mol. The molecule has 3 saturated heterocycles. The highest BCUT2D eigenvalue weighted by atomic mass is 35.5. The second kappa shape index (κ2) is 7.33. The molecule has 0 bridgehead atoms. The molecular formula is C24H24ClN2O3+. The van der Waals surface area contributed by atoms with Gasteiger partial charge in [-0.25, -0.2) is 4.90 Å². The number of aryl methyl sites for hydroxylation is 1. The summed E-state index contributed by atoms with van der Waals surface area (Å²) in [7, 11) is 0. The summed E-state index contributed by atoms with van der Waals surface area (Å²) in [5.74, 6) is -1.45.